The molecular formula is C16H22N4O3S. The molecule has 1 aromatic rings. The summed E-state index contributed by atoms with van der Waals surface area (Å²) in [6, 6.07) is -0.454. The summed E-state index contributed by atoms with van der Waals surface area (Å²) < 4.78 is 0. The van der Waals surface area contributed by atoms with Crippen LogP contribution in [0.5, 0.6) is 0 Å². The van der Waals surface area contributed by atoms with E-state index in [2.05, 4.69) is 10.3 Å². The first kappa shape index (κ1) is 16.9. The molecule has 2 atom stereocenters. The highest BCUT2D eigenvalue weighted by Gasteiger charge is 2.55. The number of imide groups is 1. The van der Waals surface area contributed by atoms with E-state index in [1.54, 1.807) is 12.6 Å². The number of nitrogens with one attached hydrogen (secondary N) is 1. The Morgan fingerprint density at radius 3 is 2.96 bits per heavy atom. The molecule has 1 aliphatic heterocycles. The first-order valence-corrected chi connectivity index (χ1v) is 9.13. The molecule has 1 N–H and O–H groups in total. The predicted molar refractivity (Wildman–Crippen MR) is 89.2 cm³/mol. The van der Waals surface area contributed by atoms with Gasteiger partial charge in [-0.25, -0.2) is 9.78 Å². The van der Waals surface area contributed by atoms with Crippen molar-refractivity contribution in [2.75, 3.05) is 13.6 Å². The number of urea groups is 1. The summed E-state index contributed by atoms with van der Waals surface area (Å²) in [4.78, 5) is 44.2. The topological polar surface area (TPSA) is 82.6 Å². The van der Waals surface area contributed by atoms with Crippen LogP contribution in [0.15, 0.2) is 10.9 Å². The van der Waals surface area contributed by atoms with E-state index >= 15 is 0 Å². The van der Waals surface area contributed by atoms with Crippen LogP contribution in [0.3, 0.4) is 0 Å². The summed E-state index contributed by atoms with van der Waals surface area (Å²) in [5.74, 6) is -0.433. The SMILES string of the molecule is C[C@H]1CCCC[C@]12NC(=O)N(CC(=O)N(C)Cc1cscn1)C2=O. The Hall–Kier alpha value is -1.96. The maximum Gasteiger partial charge on any atom is 0.325 e. The van der Waals surface area contributed by atoms with Crippen molar-refractivity contribution in [1.82, 2.24) is 20.1 Å². The quantitative estimate of drug-likeness (QED) is 0.836. The molecular weight excluding hydrogens is 328 g/mol. The molecule has 130 valence electrons. The minimum Gasteiger partial charge on any atom is -0.338 e. The summed E-state index contributed by atoms with van der Waals surface area (Å²) in [5.41, 5.74) is 1.69. The molecule has 4 amide bonds. The van der Waals surface area contributed by atoms with E-state index in [1.807, 2.05) is 12.3 Å². The van der Waals surface area contributed by atoms with Gasteiger partial charge in [-0.05, 0) is 18.8 Å². The van der Waals surface area contributed by atoms with Gasteiger partial charge >= 0.3 is 6.03 Å². The summed E-state index contributed by atoms with van der Waals surface area (Å²) in [7, 11) is 1.65. The second kappa shape index (κ2) is 6.51. The lowest BCUT2D eigenvalue weighted by molar-refractivity contribution is -0.140. The van der Waals surface area contributed by atoms with Gasteiger partial charge in [0.1, 0.15) is 12.1 Å². The van der Waals surface area contributed by atoms with Crippen molar-refractivity contribution >= 4 is 29.2 Å². The largest absolute Gasteiger partial charge is 0.338 e. The van der Waals surface area contributed by atoms with Gasteiger partial charge in [-0.3, -0.25) is 14.5 Å². The van der Waals surface area contributed by atoms with Gasteiger partial charge in [-0.2, -0.15) is 0 Å². The van der Waals surface area contributed by atoms with Gasteiger partial charge in [0.15, 0.2) is 0 Å². The Morgan fingerprint density at radius 1 is 1.50 bits per heavy atom. The van der Waals surface area contributed by atoms with Crippen molar-refractivity contribution in [3.05, 3.63) is 16.6 Å². The molecule has 7 nitrogen and oxygen atoms in total. The maximum atomic E-state index is 12.8. The van der Waals surface area contributed by atoms with Crippen molar-refractivity contribution in [3.63, 3.8) is 0 Å². The smallest absolute Gasteiger partial charge is 0.325 e. The molecule has 1 saturated heterocycles. The molecule has 1 aromatic heterocycles. The molecule has 0 aromatic carbocycles. The Bertz CT molecular complexity index is 648. The summed E-state index contributed by atoms with van der Waals surface area (Å²) in [5, 5.41) is 4.74. The van der Waals surface area contributed by atoms with Crippen LogP contribution in [0, 0.1) is 5.92 Å². The number of thiazole rings is 1. The highest BCUT2D eigenvalue weighted by Crippen LogP contribution is 2.38. The minimum atomic E-state index is -0.816. The van der Waals surface area contributed by atoms with Crippen LogP contribution >= 0.6 is 11.3 Å². The maximum absolute atomic E-state index is 12.8. The second-order valence-electron chi connectivity index (χ2n) is 6.67. The normalized spacial score (nSPS) is 26.8. The molecule has 2 fully saturated rings. The van der Waals surface area contributed by atoms with Crippen LogP contribution in [0.1, 0.15) is 38.3 Å². The van der Waals surface area contributed by atoms with Crippen LogP contribution in [-0.4, -0.2) is 51.8 Å². The van der Waals surface area contributed by atoms with E-state index in [-0.39, 0.29) is 24.3 Å². The first-order valence-electron chi connectivity index (χ1n) is 8.19. The van der Waals surface area contributed by atoms with Gasteiger partial charge < -0.3 is 10.2 Å². The number of nitrogens with zero attached hydrogens (tertiary/aromatic N) is 3. The lowest BCUT2D eigenvalue weighted by atomic mass is 9.73. The molecule has 0 unspecified atom stereocenters. The molecule has 3 rings (SSSR count). The molecule has 0 bridgehead atoms. The average molecular weight is 350 g/mol. The molecule has 1 aliphatic carbocycles. The lowest BCUT2D eigenvalue weighted by Gasteiger charge is -2.36. The molecule has 2 aliphatic rings. The molecule has 0 radical (unpaired) electrons. The van der Waals surface area contributed by atoms with Crippen molar-refractivity contribution < 1.29 is 14.4 Å². The van der Waals surface area contributed by atoms with E-state index in [0.29, 0.717) is 13.0 Å². The van der Waals surface area contributed by atoms with Crippen LogP contribution in [0.25, 0.3) is 0 Å². The van der Waals surface area contributed by atoms with Gasteiger partial charge in [0.2, 0.25) is 5.91 Å². The summed E-state index contributed by atoms with van der Waals surface area (Å²) in [6.45, 7) is 2.14. The van der Waals surface area contributed by atoms with Gasteiger partial charge in [-0.15, -0.1) is 11.3 Å². The average Bonchev–Trinajstić information content (AvgIpc) is 3.13. The number of aromatic nitrogens is 1. The number of hydrogen-bond acceptors (Lipinski definition) is 5. The van der Waals surface area contributed by atoms with Crippen molar-refractivity contribution in [1.29, 1.82) is 0 Å². The third-order valence-electron chi connectivity index (χ3n) is 5.10. The van der Waals surface area contributed by atoms with Gasteiger partial charge in [-0.1, -0.05) is 19.8 Å². The van der Waals surface area contributed by atoms with Crippen LogP contribution < -0.4 is 5.32 Å². The monoisotopic (exact) mass is 350 g/mol. The zero-order valence-electron chi connectivity index (χ0n) is 13.9. The van der Waals surface area contributed by atoms with Crippen LogP contribution in [-0.2, 0) is 16.1 Å². The highest BCUT2D eigenvalue weighted by atomic mass is 32.1. The molecule has 1 spiro atoms. The van der Waals surface area contributed by atoms with Crippen molar-refractivity contribution in [2.24, 2.45) is 5.92 Å². The highest BCUT2D eigenvalue weighted by molar-refractivity contribution is 7.07. The van der Waals surface area contributed by atoms with Crippen LogP contribution in [0.4, 0.5) is 4.79 Å². The zero-order valence-corrected chi connectivity index (χ0v) is 14.8. The third-order valence-corrected chi connectivity index (χ3v) is 5.74. The fourth-order valence-electron chi connectivity index (χ4n) is 3.54. The van der Waals surface area contributed by atoms with Crippen molar-refractivity contribution in [2.45, 2.75) is 44.7 Å². The minimum absolute atomic E-state index is 0.0931. The van der Waals surface area contributed by atoms with Gasteiger partial charge in [0.05, 0.1) is 17.7 Å². The molecule has 8 heteroatoms. The number of carbonyl (C=O) groups excluding carboxylic acids is 3. The number of hydrogen-bond donors (Lipinski definition) is 1. The number of likely N-dealkylation sites (N-methyl/N-ethyl adjacent to an activating group) is 1. The van der Waals surface area contributed by atoms with E-state index in [0.717, 1.165) is 29.9 Å². The Labute approximate surface area is 145 Å². The number of rotatable bonds is 4. The second-order valence-corrected chi connectivity index (χ2v) is 7.39. The van der Waals surface area contributed by atoms with E-state index in [9.17, 15) is 14.4 Å². The van der Waals surface area contributed by atoms with Crippen LogP contribution in [0.2, 0.25) is 0 Å². The Kier molecular flexibility index (Phi) is 4.58. The fourth-order valence-corrected chi connectivity index (χ4v) is 4.09. The van der Waals surface area contributed by atoms with Crippen molar-refractivity contribution in [3.8, 4) is 0 Å². The molecule has 24 heavy (non-hydrogen) atoms. The molecule has 1 saturated carbocycles. The van der Waals surface area contributed by atoms with Gasteiger partial charge in [0.25, 0.3) is 5.91 Å². The summed E-state index contributed by atoms with van der Waals surface area (Å²) in [6.07, 6.45) is 3.55. The Balaban J connectivity index is 1.67. The van der Waals surface area contributed by atoms with E-state index in [1.165, 1.54) is 16.2 Å². The van der Waals surface area contributed by atoms with E-state index < -0.39 is 11.6 Å². The standard InChI is InChI=1S/C16H22N4O3S/c1-11-5-3-4-6-16(11)14(22)20(15(23)18-16)8-13(21)19(2)7-12-9-24-10-17-12/h9-11H,3-8H2,1-2H3,(H,18,23)/t11-,16-/m0/s1. The first-order chi connectivity index (χ1) is 11.4. The number of carbonyl (C=O) groups is 3. The summed E-state index contributed by atoms with van der Waals surface area (Å²) >= 11 is 1.46. The zero-order chi connectivity index (χ0) is 17.3. The third kappa shape index (κ3) is 2.90. The van der Waals surface area contributed by atoms with Gasteiger partial charge in [0, 0.05) is 12.4 Å². The Morgan fingerprint density at radius 2 is 2.29 bits per heavy atom. The number of amides is 4. The molecule has 2 heterocycles. The lowest BCUT2D eigenvalue weighted by Crippen LogP contribution is -2.54. The van der Waals surface area contributed by atoms with E-state index in [4.69, 9.17) is 0 Å². The fraction of sp³-hybridized carbons (Fsp3) is 0.625. The predicted octanol–water partition coefficient (Wildman–Crippen LogP) is 1.60.